The minimum atomic E-state index is -0.622. The Morgan fingerprint density at radius 3 is 2.63 bits per heavy atom. The summed E-state index contributed by atoms with van der Waals surface area (Å²) in [5.41, 5.74) is 5.83. The smallest absolute Gasteiger partial charge is 0.258 e. The van der Waals surface area contributed by atoms with Crippen LogP contribution in [0.15, 0.2) is 18.2 Å². The van der Waals surface area contributed by atoms with Crippen LogP contribution >= 0.6 is 0 Å². The van der Waals surface area contributed by atoms with Crippen molar-refractivity contribution >= 4 is 17.5 Å². The van der Waals surface area contributed by atoms with Gasteiger partial charge in [-0.15, -0.1) is 0 Å². The van der Waals surface area contributed by atoms with E-state index in [1.165, 1.54) is 7.11 Å². The van der Waals surface area contributed by atoms with Gasteiger partial charge >= 0.3 is 0 Å². The molecule has 1 heterocycles. The molecular formula is C19H27N3O5. The van der Waals surface area contributed by atoms with E-state index in [0.717, 1.165) is 12.8 Å². The van der Waals surface area contributed by atoms with E-state index in [1.807, 2.05) is 0 Å². The summed E-state index contributed by atoms with van der Waals surface area (Å²) in [5, 5.41) is 5.78. The molecule has 0 bridgehead atoms. The lowest BCUT2D eigenvalue weighted by Gasteiger charge is -2.34. The monoisotopic (exact) mass is 377 g/mol. The minimum absolute atomic E-state index is 0.103. The Labute approximate surface area is 158 Å². The van der Waals surface area contributed by atoms with E-state index >= 15 is 0 Å². The normalized spacial score (nSPS) is 18.4. The molecule has 1 saturated heterocycles. The van der Waals surface area contributed by atoms with Crippen LogP contribution in [-0.2, 0) is 14.3 Å². The number of carbonyl (C=O) groups is 2. The van der Waals surface area contributed by atoms with Crippen LogP contribution < -0.4 is 25.8 Å². The van der Waals surface area contributed by atoms with Gasteiger partial charge in [0.1, 0.15) is 0 Å². The van der Waals surface area contributed by atoms with E-state index in [0.29, 0.717) is 43.2 Å². The summed E-state index contributed by atoms with van der Waals surface area (Å²) >= 11 is 0. The first kappa shape index (κ1) is 19.4. The Morgan fingerprint density at radius 1 is 1.26 bits per heavy atom. The van der Waals surface area contributed by atoms with Gasteiger partial charge in [0, 0.05) is 37.6 Å². The molecule has 1 saturated carbocycles. The molecule has 27 heavy (non-hydrogen) atoms. The third kappa shape index (κ3) is 4.90. The summed E-state index contributed by atoms with van der Waals surface area (Å²) in [5.74, 6) is 0.594. The number of amides is 2. The Kier molecular flexibility index (Phi) is 6.18. The lowest BCUT2D eigenvalue weighted by Crippen LogP contribution is -2.46. The lowest BCUT2D eigenvalue weighted by atomic mass is 9.79. The van der Waals surface area contributed by atoms with Gasteiger partial charge < -0.3 is 30.6 Å². The summed E-state index contributed by atoms with van der Waals surface area (Å²) in [4.78, 5) is 24.6. The zero-order chi connectivity index (χ0) is 19.3. The van der Waals surface area contributed by atoms with Gasteiger partial charge in [0.25, 0.3) is 5.91 Å². The molecule has 4 N–H and O–H groups in total. The van der Waals surface area contributed by atoms with Crippen molar-refractivity contribution in [2.24, 2.45) is 11.1 Å². The van der Waals surface area contributed by atoms with E-state index in [4.69, 9.17) is 19.9 Å². The first-order valence-corrected chi connectivity index (χ1v) is 9.26. The SMILES string of the molecule is COc1ccc(NC(=O)C2(CN)CCOCC2)cc1OCC(=O)NC1CC1. The fourth-order valence-electron chi connectivity index (χ4n) is 3.06. The van der Waals surface area contributed by atoms with Gasteiger partial charge in [0.05, 0.1) is 12.5 Å². The van der Waals surface area contributed by atoms with Gasteiger partial charge in [0.15, 0.2) is 18.1 Å². The number of nitrogens with one attached hydrogen (secondary N) is 2. The van der Waals surface area contributed by atoms with Gasteiger partial charge in [-0.25, -0.2) is 0 Å². The van der Waals surface area contributed by atoms with Crippen molar-refractivity contribution in [2.75, 3.05) is 38.8 Å². The molecule has 8 nitrogen and oxygen atoms in total. The van der Waals surface area contributed by atoms with Gasteiger partial charge in [-0.1, -0.05) is 0 Å². The minimum Gasteiger partial charge on any atom is -0.493 e. The fraction of sp³-hybridized carbons (Fsp3) is 0.579. The van der Waals surface area contributed by atoms with E-state index in [2.05, 4.69) is 10.6 Å². The second-order valence-electron chi connectivity index (χ2n) is 7.05. The number of nitrogens with two attached hydrogens (primary N) is 1. The highest BCUT2D eigenvalue weighted by atomic mass is 16.5. The first-order chi connectivity index (χ1) is 13.1. The molecule has 0 unspecified atom stereocenters. The molecule has 2 amide bonds. The molecule has 0 aromatic heterocycles. The van der Waals surface area contributed by atoms with Crippen molar-refractivity contribution in [3.8, 4) is 11.5 Å². The second kappa shape index (κ2) is 8.58. The molecule has 1 aliphatic carbocycles. The largest absolute Gasteiger partial charge is 0.493 e. The van der Waals surface area contributed by atoms with E-state index in [1.54, 1.807) is 18.2 Å². The Morgan fingerprint density at radius 2 is 2.00 bits per heavy atom. The topological polar surface area (TPSA) is 112 Å². The van der Waals surface area contributed by atoms with Crippen LogP contribution in [0.1, 0.15) is 25.7 Å². The maximum atomic E-state index is 12.8. The maximum absolute atomic E-state index is 12.8. The molecule has 2 aliphatic rings. The molecule has 2 fully saturated rings. The molecule has 148 valence electrons. The number of benzene rings is 1. The number of hydrogen-bond donors (Lipinski definition) is 3. The standard InChI is InChI=1S/C19H27N3O5/c1-25-15-5-4-14(10-16(15)27-11-17(23)21-13-2-3-13)22-18(24)19(12-20)6-8-26-9-7-19/h4-5,10,13H,2-3,6-9,11-12,20H2,1H3,(H,21,23)(H,22,24). The number of hydrogen-bond acceptors (Lipinski definition) is 6. The van der Waals surface area contributed by atoms with Crippen LogP contribution in [0.3, 0.4) is 0 Å². The van der Waals surface area contributed by atoms with E-state index in [-0.39, 0.29) is 31.0 Å². The van der Waals surface area contributed by atoms with Crippen molar-refractivity contribution in [3.05, 3.63) is 18.2 Å². The molecule has 0 radical (unpaired) electrons. The predicted molar refractivity (Wildman–Crippen MR) is 99.8 cm³/mol. The molecule has 0 spiro atoms. The molecular weight excluding hydrogens is 350 g/mol. The molecule has 3 rings (SSSR count). The van der Waals surface area contributed by atoms with Crippen LogP contribution in [0.2, 0.25) is 0 Å². The Hall–Kier alpha value is -2.32. The van der Waals surface area contributed by atoms with Crippen LogP contribution in [0.5, 0.6) is 11.5 Å². The fourth-order valence-corrected chi connectivity index (χ4v) is 3.06. The number of anilines is 1. The summed E-state index contributed by atoms with van der Waals surface area (Å²) < 4.78 is 16.2. The highest BCUT2D eigenvalue weighted by Crippen LogP contribution is 2.34. The zero-order valence-electron chi connectivity index (χ0n) is 15.6. The van der Waals surface area contributed by atoms with Gasteiger partial charge in [-0.2, -0.15) is 0 Å². The average molecular weight is 377 g/mol. The van der Waals surface area contributed by atoms with Gasteiger partial charge in [-0.3, -0.25) is 9.59 Å². The summed E-state index contributed by atoms with van der Waals surface area (Å²) in [6.45, 7) is 1.22. The molecule has 1 aromatic rings. The average Bonchev–Trinajstić information content (AvgIpc) is 3.51. The summed E-state index contributed by atoms with van der Waals surface area (Å²) in [6, 6.07) is 5.37. The first-order valence-electron chi connectivity index (χ1n) is 9.26. The lowest BCUT2D eigenvalue weighted by molar-refractivity contribution is -0.130. The van der Waals surface area contributed by atoms with Crippen LogP contribution in [0.25, 0.3) is 0 Å². The second-order valence-corrected chi connectivity index (χ2v) is 7.05. The van der Waals surface area contributed by atoms with Crippen molar-refractivity contribution < 1.29 is 23.8 Å². The van der Waals surface area contributed by atoms with E-state index < -0.39 is 5.41 Å². The van der Waals surface area contributed by atoms with Crippen LogP contribution in [-0.4, -0.2) is 51.3 Å². The van der Waals surface area contributed by atoms with Crippen LogP contribution in [0.4, 0.5) is 5.69 Å². The van der Waals surface area contributed by atoms with Gasteiger partial charge in [-0.05, 0) is 37.8 Å². The number of rotatable bonds is 8. The number of methoxy groups -OCH3 is 1. The molecule has 8 heteroatoms. The number of carbonyl (C=O) groups excluding carboxylic acids is 2. The molecule has 0 atom stereocenters. The number of ether oxygens (including phenoxy) is 3. The quantitative estimate of drug-likeness (QED) is 0.624. The summed E-state index contributed by atoms with van der Waals surface area (Å²) in [6.07, 6.45) is 3.22. The highest BCUT2D eigenvalue weighted by Gasteiger charge is 2.38. The molecule has 1 aliphatic heterocycles. The predicted octanol–water partition coefficient (Wildman–Crippen LogP) is 1.05. The van der Waals surface area contributed by atoms with Crippen molar-refractivity contribution in [1.82, 2.24) is 5.32 Å². The van der Waals surface area contributed by atoms with Crippen molar-refractivity contribution in [1.29, 1.82) is 0 Å². The summed E-state index contributed by atoms with van der Waals surface area (Å²) in [7, 11) is 1.52. The third-order valence-electron chi connectivity index (χ3n) is 5.05. The van der Waals surface area contributed by atoms with Crippen molar-refractivity contribution in [2.45, 2.75) is 31.7 Å². The maximum Gasteiger partial charge on any atom is 0.258 e. The van der Waals surface area contributed by atoms with Crippen molar-refractivity contribution in [3.63, 3.8) is 0 Å². The highest BCUT2D eigenvalue weighted by molar-refractivity contribution is 5.96. The van der Waals surface area contributed by atoms with Crippen LogP contribution in [0, 0.1) is 5.41 Å². The zero-order valence-corrected chi connectivity index (χ0v) is 15.6. The Balaban J connectivity index is 1.66. The van der Waals surface area contributed by atoms with E-state index in [9.17, 15) is 9.59 Å². The van der Waals surface area contributed by atoms with Gasteiger partial charge in [0.2, 0.25) is 5.91 Å². The Bertz CT molecular complexity index is 684. The molecule has 1 aromatic carbocycles. The third-order valence-corrected chi connectivity index (χ3v) is 5.05.